The van der Waals surface area contributed by atoms with Gasteiger partial charge in [-0.15, -0.1) is 0 Å². The van der Waals surface area contributed by atoms with Crippen molar-refractivity contribution in [3.63, 3.8) is 0 Å². The first-order chi connectivity index (χ1) is 12.1. The molecule has 0 radical (unpaired) electrons. The molecule has 0 aromatic carbocycles. The summed E-state index contributed by atoms with van der Waals surface area (Å²) in [6.45, 7) is 1.08. The van der Waals surface area contributed by atoms with Crippen molar-refractivity contribution in [2.75, 3.05) is 13.1 Å². The van der Waals surface area contributed by atoms with E-state index in [2.05, 4.69) is 25.1 Å². The van der Waals surface area contributed by atoms with Gasteiger partial charge in [0.05, 0.1) is 11.2 Å². The molecule has 1 amide bonds. The number of hydrogen-bond donors (Lipinski definition) is 3. The number of aliphatic hydroxyl groups is 1. The van der Waals surface area contributed by atoms with Crippen LogP contribution in [0.25, 0.3) is 11.2 Å². The van der Waals surface area contributed by atoms with Crippen molar-refractivity contribution in [3.8, 4) is 0 Å². The zero-order valence-electron chi connectivity index (χ0n) is 13.8. The monoisotopic (exact) mass is 340 g/mol. The topological polar surface area (TPSA) is 111 Å². The number of rotatable bonds is 4. The van der Waals surface area contributed by atoms with E-state index in [0.29, 0.717) is 44.4 Å². The predicted octanol–water partition coefficient (Wildman–Crippen LogP) is 1.12. The lowest BCUT2D eigenvalue weighted by molar-refractivity contribution is -0.135. The number of pyridine rings is 1. The number of carbonyl (C=O) groups is 1. The summed E-state index contributed by atoms with van der Waals surface area (Å²) in [6, 6.07) is 5.55. The molecule has 8 heteroatoms. The molecule has 0 atom stereocenters. The van der Waals surface area contributed by atoms with E-state index in [0.717, 1.165) is 17.0 Å². The number of aromatic nitrogens is 5. The number of likely N-dealkylation sites (tertiary alicyclic amines) is 1. The summed E-state index contributed by atoms with van der Waals surface area (Å²) in [4.78, 5) is 26.0. The van der Waals surface area contributed by atoms with Crippen molar-refractivity contribution >= 4 is 17.1 Å². The first kappa shape index (κ1) is 15.8. The van der Waals surface area contributed by atoms with Crippen LogP contribution in [0.1, 0.15) is 30.8 Å². The lowest BCUT2D eigenvalue weighted by Crippen LogP contribution is -2.45. The molecule has 4 rings (SSSR count). The molecule has 0 aliphatic carbocycles. The Hall–Kier alpha value is -2.74. The second kappa shape index (κ2) is 6.29. The number of imidazole rings is 1. The number of nitrogens with one attached hydrogen (secondary N) is 2. The SMILES string of the molecule is O=C(CCc1nc2ncccc2[nH]1)N1CCC(O)(c2ccn[nH]2)CC1. The second-order valence-electron chi connectivity index (χ2n) is 6.44. The molecule has 0 bridgehead atoms. The molecule has 0 saturated carbocycles. The van der Waals surface area contributed by atoms with Crippen molar-refractivity contribution in [3.05, 3.63) is 42.1 Å². The van der Waals surface area contributed by atoms with Gasteiger partial charge in [0.25, 0.3) is 0 Å². The average molecular weight is 340 g/mol. The number of carbonyl (C=O) groups excluding carboxylic acids is 1. The van der Waals surface area contributed by atoms with Gasteiger partial charge in [0.2, 0.25) is 5.91 Å². The van der Waals surface area contributed by atoms with Crippen molar-refractivity contribution in [2.45, 2.75) is 31.3 Å². The highest BCUT2D eigenvalue weighted by molar-refractivity contribution is 5.76. The van der Waals surface area contributed by atoms with Gasteiger partial charge in [0.1, 0.15) is 11.4 Å². The Morgan fingerprint density at radius 3 is 2.84 bits per heavy atom. The van der Waals surface area contributed by atoms with E-state index in [-0.39, 0.29) is 5.91 Å². The number of nitrogens with zero attached hydrogens (tertiary/aromatic N) is 4. The van der Waals surface area contributed by atoms with E-state index in [9.17, 15) is 9.90 Å². The van der Waals surface area contributed by atoms with Gasteiger partial charge in [-0.2, -0.15) is 5.10 Å². The van der Waals surface area contributed by atoms with Gasteiger partial charge in [-0.05, 0) is 31.0 Å². The van der Waals surface area contributed by atoms with Crippen LogP contribution in [-0.4, -0.2) is 54.2 Å². The lowest BCUT2D eigenvalue weighted by Gasteiger charge is -2.37. The van der Waals surface area contributed by atoms with Crippen LogP contribution >= 0.6 is 0 Å². The van der Waals surface area contributed by atoms with Crippen molar-refractivity contribution in [1.29, 1.82) is 0 Å². The smallest absolute Gasteiger partial charge is 0.223 e. The summed E-state index contributed by atoms with van der Waals surface area (Å²) in [6.07, 6.45) is 5.30. The summed E-state index contributed by atoms with van der Waals surface area (Å²) < 4.78 is 0. The maximum atomic E-state index is 12.5. The van der Waals surface area contributed by atoms with Gasteiger partial charge in [-0.25, -0.2) is 9.97 Å². The van der Waals surface area contributed by atoms with Crippen molar-refractivity contribution in [2.24, 2.45) is 0 Å². The molecule has 3 aromatic heterocycles. The van der Waals surface area contributed by atoms with Crippen LogP contribution in [-0.2, 0) is 16.8 Å². The Labute approximate surface area is 144 Å². The summed E-state index contributed by atoms with van der Waals surface area (Å²) in [5.74, 6) is 0.855. The number of piperidine rings is 1. The summed E-state index contributed by atoms with van der Waals surface area (Å²) in [5.41, 5.74) is 1.35. The van der Waals surface area contributed by atoms with E-state index in [1.54, 1.807) is 18.5 Å². The van der Waals surface area contributed by atoms with Crippen LogP contribution in [0.3, 0.4) is 0 Å². The van der Waals surface area contributed by atoms with Crippen molar-refractivity contribution < 1.29 is 9.90 Å². The fourth-order valence-electron chi connectivity index (χ4n) is 3.31. The number of aromatic amines is 2. The van der Waals surface area contributed by atoms with Crippen LogP contribution in [0.5, 0.6) is 0 Å². The number of fused-ring (bicyclic) bond motifs is 1. The molecule has 3 N–H and O–H groups in total. The molecule has 1 saturated heterocycles. The number of H-pyrrole nitrogens is 2. The second-order valence-corrected chi connectivity index (χ2v) is 6.44. The highest BCUT2D eigenvalue weighted by atomic mass is 16.3. The Balaban J connectivity index is 1.33. The molecule has 4 heterocycles. The molecule has 130 valence electrons. The Morgan fingerprint density at radius 2 is 2.12 bits per heavy atom. The summed E-state index contributed by atoms with van der Waals surface area (Å²) in [7, 11) is 0. The Kier molecular flexibility index (Phi) is 3.96. The first-order valence-electron chi connectivity index (χ1n) is 8.44. The molecule has 0 spiro atoms. The van der Waals surface area contributed by atoms with Crippen molar-refractivity contribution in [1.82, 2.24) is 30.0 Å². The minimum absolute atomic E-state index is 0.0834. The maximum absolute atomic E-state index is 12.5. The maximum Gasteiger partial charge on any atom is 0.223 e. The fraction of sp³-hybridized carbons (Fsp3) is 0.412. The highest BCUT2D eigenvalue weighted by Gasteiger charge is 2.36. The van der Waals surface area contributed by atoms with Crippen LogP contribution in [0, 0.1) is 0 Å². The molecule has 25 heavy (non-hydrogen) atoms. The first-order valence-corrected chi connectivity index (χ1v) is 8.44. The third-order valence-corrected chi connectivity index (χ3v) is 4.83. The van der Waals surface area contributed by atoms with Crippen LogP contribution < -0.4 is 0 Å². The van der Waals surface area contributed by atoms with Gasteiger partial charge >= 0.3 is 0 Å². The summed E-state index contributed by atoms with van der Waals surface area (Å²) in [5, 5.41) is 17.4. The predicted molar refractivity (Wildman–Crippen MR) is 90.5 cm³/mol. The summed E-state index contributed by atoms with van der Waals surface area (Å²) >= 11 is 0. The minimum Gasteiger partial charge on any atom is -0.383 e. The number of amides is 1. The highest BCUT2D eigenvalue weighted by Crippen LogP contribution is 2.31. The van der Waals surface area contributed by atoms with Crippen LogP contribution in [0.2, 0.25) is 0 Å². The minimum atomic E-state index is -0.919. The van der Waals surface area contributed by atoms with Crippen LogP contribution in [0.15, 0.2) is 30.6 Å². The van der Waals surface area contributed by atoms with Gasteiger partial charge in [-0.3, -0.25) is 9.89 Å². The number of aryl methyl sites for hydroxylation is 1. The van der Waals surface area contributed by atoms with Gasteiger partial charge < -0.3 is 15.0 Å². The van der Waals surface area contributed by atoms with E-state index in [4.69, 9.17) is 0 Å². The molecule has 3 aromatic rings. The van der Waals surface area contributed by atoms with E-state index in [1.165, 1.54) is 0 Å². The molecule has 1 fully saturated rings. The van der Waals surface area contributed by atoms with Gasteiger partial charge in [-0.1, -0.05) is 0 Å². The zero-order chi connectivity index (χ0) is 17.3. The molecule has 1 aliphatic heterocycles. The third kappa shape index (κ3) is 3.12. The lowest BCUT2D eigenvalue weighted by atomic mass is 9.88. The molecular formula is C17H20N6O2. The van der Waals surface area contributed by atoms with E-state index in [1.807, 2.05) is 17.0 Å². The van der Waals surface area contributed by atoms with E-state index < -0.39 is 5.60 Å². The molecular weight excluding hydrogens is 320 g/mol. The molecule has 0 unspecified atom stereocenters. The fourth-order valence-corrected chi connectivity index (χ4v) is 3.31. The normalized spacial score (nSPS) is 17.1. The standard InChI is InChI=1S/C17H20N6O2/c24-15(4-3-14-20-12-2-1-8-18-16(12)21-14)23-10-6-17(25,7-11-23)13-5-9-19-22-13/h1-2,5,8-9,25H,3-4,6-7,10-11H2,(H,19,22)(H,18,20,21). The Bertz CT molecular complexity index is 831. The van der Waals surface area contributed by atoms with E-state index >= 15 is 0 Å². The Morgan fingerprint density at radius 1 is 1.28 bits per heavy atom. The molecule has 8 nitrogen and oxygen atoms in total. The molecule has 1 aliphatic rings. The quantitative estimate of drug-likeness (QED) is 0.659. The average Bonchev–Trinajstić information content (AvgIpc) is 3.30. The van der Waals surface area contributed by atoms with Gasteiger partial charge in [0.15, 0.2) is 5.65 Å². The van der Waals surface area contributed by atoms with Gasteiger partial charge in [0, 0.05) is 38.3 Å². The number of hydrogen-bond acceptors (Lipinski definition) is 5. The van der Waals surface area contributed by atoms with Crippen LogP contribution in [0.4, 0.5) is 0 Å². The largest absolute Gasteiger partial charge is 0.383 e. The third-order valence-electron chi connectivity index (χ3n) is 4.83. The zero-order valence-corrected chi connectivity index (χ0v) is 13.8.